The number of carbonyl (C=O) groups is 1. The maximum absolute atomic E-state index is 10.1. The van der Waals surface area contributed by atoms with E-state index in [0.717, 1.165) is 11.0 Å². The average Bonchev–Trinajstić information content (AvgIpc) is 2.18. The second-order valence-corrected chi connectivity index (χ2v) is 4.39. The number of nitrogens with zero attached hydrogens (tertiary/aromatic N) is 1. The number of carbonyl (C=O) groups excluding carboxylic acids is 1. The van der Waals surface area contributed by atoms with Crippen LogP contribution >= 0.6 is 0 Å². The standard InChI is InChI=1S/C7H6O2.C5H14NO/c8-7(9)6-4-2-1-3-5-6;1-6(2,3)4-5-7/h1-5H,(H,8,9);7H,4-5H2,1-3H3/q;+1/p-1. The summed E-state index contributed by atoms with van der Waals surface area (Å²) in [6.07, 6.45) is 0. The first kappa shape index (κ1) is 14.6. The summed E-state index contributed by atoms with van der Waals surface area (Å²) in [6.45, 7) is 1.11. The highest BCUT2D eigenvalue weighted by Gasteiger charge is 2.02. The van der Waals surface area contributed by atoms with Crippen molar-refractivity contribution in [2.24, 2.45) is 0 Å². The van der Waals surface area contributed by atoms with Gasteiger partial charge in [-0.1, -0.05) is 30.3 Å². The molecule has 0 fully saturated rings. The van der Waals surface area contributed by atoms with Crippen molar-refractivity contribution < 1.29 is 19.5 Å². The lowest BCUT2D eigenvalue weighted by Gasteiger charge is -2.21. The van der Waals surface area contributed by atoms with Crippen LogP contribution in [0.5, 0.6) is 0 Å². The molecule has 0 saturated carbocycles. The van der Waals surface area contributed by atoms with Crippen molar-refractivity contribution in [2.45, 2.75) is 0 Å². The van der Waals surface area contributed by atoms with Crippen molar-refractivity contribution in [1.29, 1.82) is 0 Å². The van der Waals surface area contributed by atoms with Crippen molar-refractivity contribution in [3.8, 4) is 0 Å². The van der Waals surface area contributed by atoms with Gasteiger partial charge in [0.1, 0.15) is 6.54 Å². The SMILES string of the molecule is C[N+](C)(C)CCO.O=C([O-])c1ccccc1. The molecule has 0 saturated heterocycles. The van der Waals surface area contributed by atoms with Gasteiger partial charge in [-0.25, -0.2) is 0 Å². The molecule has 0 aliphatic rings. The third kappa shape index (κ3) is 7.96. The van der Waals surface area contributed by atoms with E-state index in [1.54, 1.807) is 18.2 Å². The van der Waals surface area contributed by atoms with Crippen LogP contribution in [0.4, 0.5) is 0 Å². The first-order valence-electron chi connectivity index (χ1n) is 5.04. The van der Waals surface area contributed by atoms with Crippen molar-refractivity contribution in [1.82, 2.24) is 0 Å². The van der Waals surface area contributed by atoms with E-state index < -0.39 is 5.97 Å². The minimum absolute atomic E-state index is 0.220. The Morgan fingerprint density at radius 2 is 1.75 bits per heavy atom. The number of benzene rings is 1. The molecular weight excluding hydrogens is 206 g/mol. The molecule has 0 heterocycles. The highest BCUT2D eigenvalue weighted by molar-refractivity contribution is 5.85. The fourth-order valence-corrected chi connectivity index (χ4v) is 0.874. The lowest BCUT2D eigenvalue weighted by molar-refractivity contribution is -0.870. The van der Waals surface area contributed by atoms with Crippen LogP contribution < -0.4 is 5.11 Å². The Labute approximate surface area is 96.3 Å². The molecule has 1 N–H and O–H groups in total. The predicted molar refractivity (Wildman–Crippen MR) is 60.8 cm³/mol. The second-order valence-electron chi connectivity index (χ2n) is 4.39. The van der Waals surface area contributed by atoms with Gasteiger partial charge in [0, 0.05) is 0 Å². The van der Waals surface area contributed by atoms with Crippen LogP contribution in [0.2, 0.25) is 0 Å². The Morgan fingerprint density at radius 1 is 1.25 bits per heavy atom. The van der Waals surface area contributed by atoms with E-state index in [1.165, 1.54) is 12.1 Å². The molecular formula is C12H19NO3. The number of aliphatic hydroxyl groups excluding tert-OH is 1. The maximum atomic E-state index is 10.1. The number of likely N-dealkylation sites (N-methyl/N-ethyl adjacent to an activating group) is 1. The molecule has 1 aromatic rings. The summed E-state index contributed by atoms with van der Waals surface area (Å²) < 4.78 is 0.844. The molecule has 1 aromatic carbocycles. The zero-order valence-electron chi connectivity index (χ0n) is 10.0. The van der Waals surface area contributed by atoms with Gasteiger partial charge in [0.05, 0.1) is 33.7 Å². The Balaban J connectivity index is 0.000000293. The highest BCUT2D eigenvalue weighted by atomic mass is 16.4. The quantitative estimate of drug-likeness (QED) is 0.721. The van der Waals surface area contributed by atoms with Crippen LogP contribution in [0.25, 0.3) is 0 Å². The molecule has 0 bridgehead atoms. The molecule has 4 nitrogen and oxygen atoms in total. The van der Waals surface area contributed by atoms with E-state index >= 15 is 0 Å². The van der Waals surface area contributed by atoms with Crippen LogP contribution in [0.3, 0.4) is 0 Å². The third-order valence-corrected chi connectivity index (χ3v) is 1.78. The van der Waals surface area contributed by atoms with Crippen molar-refractivity contribution in [3.05, 3.63) is 35.9 Å². The Morgan fingerprint density at radius 3 is 1.94 bits per heavy atom. The molecule has 1 rings (SSSR count). The van der Waals surface area contributed by atoms with Gasteiger partial charge in [-0.05, 0) is 5.56 Å². The van der Waals surface area contributed by atoms with E-state index in [2.05, 4.69) is 21.1 Å². The molecule has 90 valence electrons. The summed E-state index contributed by atoms with van der Waals surface area (Å²) in [7, 11) is 6.16. The summed E-state index contributed by atoms with van der Waals surface area (Å²) in [4.78, 5) is 10.1. The largest absolute Gasteiger partial charge is 0.545 e. The second kappa shape index (κ2) is 6.98. The van der Waals surface area contributed by atoms with Gasteiger partial charge in [-0.15, -0.1) is 0 Å². The summed E-state index contributed by atoms with van der Waals surface area (Å²) in [5, 5.41) is 18.5. The minimum Gasteiger partial charge on any atom is -0.545 e. The topological polar surface area (TPSA) is 60.4 Å². The Hall–Kier alpha value is -1.39. The van der Waals surface area contributed by atoms with Gasteiger partial charge in [0.2, 0.25) is 0 Å². The monoisotopic (exact) mass is 225 g/mol. The van der Waals surface area contributed by atoms with Crippen LogP contribution in [-0.2, 0) is 0 Å². The van der Waals surface area contributed by atoms with Gasteiger partial charge >= 0.3 is 0 Å². The molecule has 0 aromatic heterocycles. The minimum atomic E-state index is -1.13. The molecule has 0 radical (unpaired) electrons. The number of aliphatic hydroxyl groups is 1. The number of carboxylic acids is 1. The summed E-state index contributed by atoms with van der Waals surface area (Å²) in [5.74, 6) is -1.13. The fraction of sp³-hybridized carbons (Fsp3) is 0.417. The zero-order valence-corrected chi connectivity index (χ0v) is 10.0. The van der Waals surface area contributed by atoms with Crippen LogP contribution in [0, 0.1) is 0 Å². The molecule has 0 aliphatic heterocycles. The van der Waals surface area contributed by atoms with Crippen molar-refractivity contribution in [3.63, 3.8) is 0 Å². The summed E-state index contributed by atoms with van der Waals surface area (Å²) in [6, 6.07) is 8.06. The first-order chi connectivity index (χ1) is 7.37. The maximum Gasteiger partial charge on any atom is 0.101 e. The lowest BCUT2D eigenvalue weighted by atomic mass is 10.2. The van der Waals surface area contributed by atoms with E-state index in [4.69, 9.17) is 5.11 Å². The summed E-state index contributed by atoms with van der Waals surface area (Å²) in [5.41, 5.74) is 0.220. The van der Waals surface area contributed by atoms with Gasteiger partial charge in [0.25, 0.3) is 0 Å². The normalized spacial score (nSPS) is 10.2. The summed E-state index contributed by atoms with van der Waals surface area (Å²) >= 11 is 0. The number of quaternary nitrogens is 1. The highest BCUT2D eigenvalue weighted by Crippen LogP contribution is 1.94. The van der Waals surface area contributed by atoms with Gasteiger partial charge in [-0.2, -0.15) is 0 Å². The molecule has 0 unspecified atom stereocenters. The zero-order chi connectivity index (χ0) is 12.6. The van der Waals surface area contributed by atoms with E-state index in [9.17, 15) is 9.90 Å². The molecule has 0 amide bonds. The lowest BCUT2D eigenvalue weighted by Crippen LogP contribution is -2.36. The third-order valence-electron chi connectivity index (χ3n) is 1.78. The Bertz CT molecular complexity index is 304. The number of hydrogen-bond donors (Lipinski definition) is 1. The van der Waals surface area contributed by atoms with Gasteiger partial charge in [-0.3, -0.25) is 0 Å². The van der Waals surface area contributed by atoms with Crippen LogP contribution in [0.1, 0.15) is 10.4 Å². The van der Waals surface area contributed by atoms with Crippen LogP contribution in [0.15, 0.2) is 30.3 Å². The first-order valence-corrected chi connectivity index (χ1v) is 5.04. The predicted octanol–water partition coefficient (Wildman–Crippen LogP) is -0.265. The van der Waals surface area contributed by atoms with Gasteiger partial charge in [0.15, 0.2) is 0 Å². The van der Waals surface area contributed by atoms with E-state index in [1.807, 2.05) is 0 Å². The fourth-order valence-electron chi connectivity index (χ4n) is 0.874. The molecule has 0 aliphatic carbocycles. The van der Waals surface area contributed by atoms with Gasteiger partial charge < -0.3 is 19.5 Å². The van der Waals surface area contributed by atoms with Crippen molar-refractivity contribution in [2.75, 3.05) is 34.3 Å². The van der Waals surface area contributed by atoms with Crippen molar-refractivity contribution >= 4 is 5.97 Å². The van der Waals surface area contributed by atoms with Crippen LogP contribution in [-0.4, -0.2) is 49.9 Å². The molecule has 16 heavy (non-hydrogen) atoms. The number of hydrogen-bond acceptors (Lipinski definition) is 3. The van der Waals surface area contributed by atoms with E-state index in [0.29, 0.717) is 0 Å². The van der Waals surface area contributed by atoms with E-state index in [-0.39, 0.29) is 12.2 Å². The number of rotatable bonds is 3. The Kier molecular flexibility index (Phi) is 6.37. The molecule has 0 atom stereocenters. The smallest absolute Gasteiger partial charge is 0.101 e. The average molecular weight is 225 g/mol. The molecule has 4 heteroatoms. The number of aromatic carboxylic acids is 1. The number of carboxylic acid groups (broad SMARTS) is 1. The molecule has 0 spiro atoms.